The summed E-state index contributed by atoms with van der Waals surface area (Å²) in [7, 11) is 0. The molecule has 4 N–H and O–H groups in total. The summed E-state index contributed by atoms with van der Waals surface area (Å²) in [6.45, 7) is 2.85. The predicted molar refractivity (Wildman–Crippen MR) is 63.5 cm³/mol. The average Bonchev–Trinajstić information content (AvgIpc) is 2.89. The number of nitrogens with zero attached hydrogens (tertiary/aromatic N) is 5. The van der Waals surface area contributed by atoms with Crippen molar-refractivity contribution in [1.29, 1.82) is 0 Å². The third-order valence-electron chi connectivity index (χ3n) is 2.02. The highest BCUT2D eigenvalue weighted by Crippen LogP contribution is 2.08. The summed E-state index contributed by atoms with van der Waals surface area (Å²) in [6.07, 6.45) is 5.99. The third-order valence-corrected chi connectivity index (χ3v) is 2.02. The number of nitrogen functional groups attached to an aromatic ring is 1. The van der Waals surface area contributed by atoms with Crippen LogP contribution in [0.3, 0.4) is 0 Å². The molecule has 0 aromatic carbocycles. The van der Waals surface area contributed by atoms with Gasteiger partial charge >= 0.3 is 0 Å². The summed E-state index contributed by atoms with van der Waals surface area (Å²) < 4.78 is 1.68. The van der Waals surface area contributed by atoms with Crippen molar-refractivity contribution in [2.75, 3.05) is 17.3 Å². The average molecular weight is 234 g/mol. The molecule has 8 heteroatoms. The van der Waals surface area contributed by atoms with E-state index in [1.54, 1.807) is 23.3 Å². The van der Waals surface area contributed by atoms with Gasteiger partial charge in [-0.3, -0.25) is 9.99 Å². The fourth-order valence-electron chi connectivity index (χ4n) is 1.24. The lowest BCUT2D eigenvalue weighted by molar-refractivity contribution is 0.878. The molecular formula is C9H14N8. The molecule has 2 heterocycles. The van der Waals surface area contributed by atoms with Gasteiger partial charge in [-0.2, -0.15) is 15.0 Å². The van der Waals surface area contributed by atoms with Gasteiger partial charge in [-0.25, -0.2) is 10.8 Å². The van der Waals surface area contributed by atoms with Crippen molar-refractivity contribution in [1.82, 2.24) is 24.5 Å². The molecule has 2 aromatic heterocycles. The summed E-state index contributed by atoms with van der Waals surface area (Å²) in [6, 6.07) is 0. The fraction of sp³-hybridized carbons (Fsp3) is 0.333. The second kappa shape index (κ2) is 5.21. The van der Waals surface area contributed by atoms with Crippen LogP contribution in [0.5, 0.6) is 0 Å². The first kappa shape index (κ1) is 11.3. The van der Waals surface area contributed by atoms with E-state index in [2.05, 4.69) is 37.6 Å². The zero-order chi connectivity index (χ0) is 12.1. The molecular weight excluding hydrogens is 220 g/mol. The lowest BCUT2D eigenvalue weighted by atomic mass is 10.5. The number of aromatic nitrogens is 5. The highest BCUT2D eigenvalue weighted by atomic mass is 15.4. The van der Waals surface area contributed by atoms with Gasteiger partial charge in [0, 0.05) is 18.9 Å². The Morgan fingerprint density at radius 1 is 1.29 bits per heavy atom. The van der Waals surface area contributed by atoms with Crippen molar-refractivity contribution >= 4 is 11.9 Å². The molecule has 0 fully saturated rings. The van der Waals surface area contributed by atoms with Crippen LogP contribution in [0.15, 0.2) is 18.7 Å². The van der Waals surface area contributed by atoms with Gasteiger partial charge in [-0.1, -0.05) is 6.92 Å². The molecule has 2 aromatic rings. The number of nitrogens with one attached hydrogen (secondary N) is 2. The van der Waals surface area contributed by atoms with Gasteiger partial charge in [0.05, 0.1) is 0 Å². The number of hydrogen-bond donors (Lipinski definition) is 3. The molecule has 0 saturated heterocycles. The zero-order valence-corrected chi connectivity index (χ0v) is 9.46. The molecule has 0 spiro atoms. The van der Waals surface area contributed by atoms with E-state index in [4.69, 9.17) is 5.84 Å². The first-order chi connectivity index (χ1) is 8.33. The largest absolute Gasteiger partial charge is 0.354 e. The molecule has 17 heavy (non-hydrogen) atoms. The van der Waals surface area contributed by atoms with Gasteiger partial charge in [-0.15, -0.1) is 0 Å². The lowest BCUT2D eigenvalue weighted by Gasteiger charge is -2.07. The third kappa shape index (κ3) is 2.67. The fourth-order valence-corrected chi connectivity index (χ4v) is 1.24. The molecule has 0 aliphatic carbocycles. The Balaban J connectivity index is 2.32. The highest BCUT2D eigenvalue weighted by molar-refractivity contribution is 5.37. The minimum Gasteiger partial charge on any atom is -0.354 e. The predicted octanol–water partition coefficient (Wildman–Crippen LogP) is 0.165. The van der Waals surface area contributed by atoms with E-state index in [9.17, 15) is 0 Å². The molecule has 0 aliphatic rings. The minimum absolute atomic E-state index is 0.308. The van der Waals surface area contributed by atoms with Gasteiger partial charge in [0.25, 0.3) is 0 Å². The Kier molecular flexibility index (Phi) is 3.46. The molecule has 2 rings (SSSR count). The van der Waals surface area contributed by atoms with Gasteiger partial charge in [0.1, 0.15) is 6.33 Å². The smallest absolute Gasteiger partial charge is 0.243 e. The normalized spacial score (nSPS) is 10.2. The summed E-state index contributed by atoms with van der Waals surface area (Å²) in [5.74, 6) is 6.57. The number of imidazole rings is 1. The Morgan fingerprint density at radius 2 is 2.12 bits per heavy atom. The minimum atomic E-state index is 0.308. The standard InChI is InChI=1S/C9H14N8/c1-2-3-12-7-13-8(16-10)15-9(14-7)17-5-4-11-6-17/h4-6H,2-3,10H2,1H3,(H2,12,13,14,15,16). The summed E-state index contributed by atoms with van der Waals surface area (Å²) >= 11 is 0. The molecule has 90 valence electrons. The van der Waals surface area contributed by atoms with Gasteiger partial charge in [0.2, 0.25) is 17.8 Å². The van der Waals surface area contributed by atoms with E-state index in [-0.39, 0.29) is 0 Å². The SMILES string of the molecule is CCCNc1nc(NN)nc(-n2ccnc2)n1. The van der Waals surface area contributed by atoms with Gasteiger partial charge in [-0.05, 0) is 6.42 Å². The van der Waals surface area contributed by atoms with Crippen LogP contribution >= 0.6 is 0 Å². The van der Waals surface area contributed by atoms with Gasteiger partial charge < -0.3 is 5.32 Å². The quantitative estimate of drug-likeness (QED) is 0.500. The van der Waals surface area contributed by atoms with E-state index in [0.29, 0.717) is 17.8 Å². The first-order valence-corrected chi connectivity index (χ1v) is 5.28. The zero-order valence-electron chi connectivity index (χ0n) is 9.46. The number of nitrogens with two attached hydrogens (primary N) is 1. The van der Waals surface area contributed by atoms with Crippen LogP contribution in [-0.4, -0.2) is 31.0 Å². The maximum absolute atomic E-state index is 5.31. The van der Waals surface area contributed by atoms with E-state index in [1.807, 2.05) is 0 Å². The molecule has 0 unspecified atom stereocenters. The van der Waals surface area contributed by atoms with Crippen molar-refractivity contribution < 1.29 is 0 Å². The second-order valence-electron chi connectivity index (χ2n) is 3.32. The lowest BCUT2D eigenvalue weighted by Crippen LogP contribution is -2.15. The molecule has 8 nitrogen and oxygen atoms in total. The van der Waals surface area contributed by atoms with E-state index in [0.717, 1.165) is 13.0 Å². The van der Waals surface area contributed by atoms with Crippen molar-refractivity contribution in [3.63, 3.8) is 0 Å². The van der Waals surface area contributed by atoms with Gasteiger partial charge in [0.15, 0.2) is 0 Å². The topological polar surface area (TPSA) is 107 Å². The van der Waals surface area contributed by atoms with Crippen molar-refractivity contribution in [2.45, 2.75) is 13.3 Å². The van der Waals surface area contributed by atoms with Crippen molar-refractivity contribution in [3.8, 4) is 5.95 Å². The second-order valence-corrected chi connectivity index (χ2v) is 3.32. The Labute approximate surface area is 98.3 Å². The summed E-state index contributed by atoms with van der Waals surface area (Å²) in [5, 5.41) is 3.08. The number of anilines is 2. The van der Waals surface area contributed by atoms with Crippen LogP contribution in [0.25, 0.3) is 5.95 Å². The summed E-state index contributed by atoms with van der Waals surface area (Å²) in [4.78, 5) is 16.4. The Morgan fingerprint density at radius 3 is 2.76 bits per heavy atom. The van der Waals surface area contributed by atoms with Crippen LogP contribution in [-0.2, 0) is 0 Å². The van der Waals surface area contributed by atoms with E-state index < -0.39 is 0 Å². The highest BCUT2D eigenvalue weighted by Gasteiger charge is 2.06. The molecule has 0 radical (unpaired) electrons. The van der Waals surface area contributed by atoms with Crippen LogP contribution < -0.4 is 16.6 Å². The van der Waals surface area contributed by atoms with E-state index >= 15 is 0 Å². The van der Waals surface area contributed by atoms with Crippen LogP contribution in [0, 0.1) is 0 Å². The number of rotatable bonds is 5. The maximum atomic E-state index is 5.31. The van der Waals surface area contributed by atoms with Crippen molar-refractivity contribution in [3.05, 3.63) is 18.7 Å². The molecule has 0 bridgehead atoms. The molecule has 0 amide bonds. The molecule has 0 saturated carbocycles. The Hall–Kier alpha value is -2.22. The Bertz CT molecular complexity index is 466. The first-order valence-electron chi connectivity index (χ1n) is 5.28. The number of hydrazine groups is 1. The summed E-state index contributed by atoms with van der Waals surface area (Å²) in [5.41, 5.74) is 2.41. The van der Waals surface area contributed by atoms with Crippen molar-refractivity contribution in [2.24, 2.45) is 5.84 Å². The van der Waals surface area contributed by atoms with E-state index in [1.165, 1.54) is 0 Å². The molecule has 0 aliphatic heterocycles. The van der Waals surface area contributed by atoms with Crippen LogP contribution in [0.2, 0.25) is 0 Å². The monoisotopic (exact) mass is 234 g/mol. The maximum Gasteiger partial charge on any atom is 0.243 e. The number of hydrogen-bond acceptors (Lipinski definition) is 7. The molecule has 0 atom stereocenters. The van der Waals surface area contributed by atoms with Crippen LogP contribution in [0.4, 0.5) is 11.9 Å². The van der Waals surface area contributed by atoms with Crippen LogP contribution in [0.1, 0.15) is 13.3 Å².